The summed E-state index contributed by atoms with van der Waals surface area (Å²) in [5.74, 6) is -0.0614. The Labute approximate surface area is 103 Å². The molecule has 1 rings (SSSR count). The normalized spacial score (nSPS) is 27.8. The van der Waals surface area contributed by atoms with Crippen LogP contribution < -0.4 is 5.32 Å². The van der Waals surface area contributed by atoms with E-state index in [1.165, 1.54) is 7.11 Å². The molecule has 1 N–H and O–H groups in total. The van der Waals surface area contributed by atoms with Crippen molar-refractivity contribution in [1.82, 2.24) is 10.2 Å². The second kappa shape index (κ2) is 6.93. The number of amides is 1. The highest BCUT2D eigenvalue weighted by Gasteiger charge is 2.25. The van der Waals surface area contributed by atoms with Crippen molar-refractivity contribution in [3.05, 3.63) is 0 Å². The minimum Gasteiger partial charge on any atom is -0.375 e. The average molecular weight is 244 g/mol. The molecule has 0 saturated carbocycles. The Morgan fingerprint density at radius 1 is 1.47 bits per heavy atom. The summed E-state index contributed by atoms with van der Waals surface area (Å²) in [5.41, 5.74) is 0. The van der Waals surface area contributed by atoms with Crippen molar-refractivity contribution >= 4 is 5.91 Å². The van der Waals surface area contributed by atoms with Crippen molar-refractivity contribution in [1.29, 1.82) is 0 Å². The second-order valence-electron chi connectivity index (χ2n) is 4.80. The van der Waals surface area contributed by atoms with Gasteiger partial charge in [0, 0.05) is 32.8 Å². The van der Waals surface area contributed by atoms with Crippen molar-refractivity contribution in [2.24, 2.45) is 0 Å². The smallest absolute Gasteiger partial charge is 0.246 e. The molecule has 0 spiro atoms. The van der Waals surface area contributed by atoms with E-state index in [9.17, 15) is 4.79 Å². The number of nitrogens with zero attached hydrogens (tertiary/aromatic N) is 1. The van der Waals surface area contributed by atoms with Gasteiger partial charge in [0.15, 0.2) is 0 Å². The first-order valence-electron chi connectivity index (χ1n) is 6.18. The Bertz CT molecular complexity index is 238. The molecule has 1 fully saturated rings. The second-order valence-corrected chi connectivity index (χ2v) is 4.80. The van der Waals surface area contributed by atoms with Crippen molar-refractivity contribution < 1.29 is 14.3 Å². The van der Waals surface area contributed by atoms with Crippen molar-refractivity contribution in [3.63, 3.8) is 0 Å². The first-order valence-corrected chi connectivity index (χ1v) is 6.18. The highest BCUT2D eigenvalue weighted by molar-refractivity contribution is 5.77. The van der Waals surface area contributed by atoms with Crippen LogP contribution in [0, 0.1) is 0 Å². The predicted octanol–water partition coefficient (Wildman–Crippen LogP) is 0.247. The molecule has 1 saturated heterocycles. The topological polar surface area (TPSA) is 50.8 Å². The molecule has 1 aliphatic heterocycles. The summed E-state index contributed by atoms with van der Waals surface area (Å²) in [5, 5.41) is 2.86. The van der Waals surface area contributed by atoms with Gasteiger partial charge < -0.3 is 14.8 Å². The van der Waals surface area contributed by atoms with Crippen molar-refractivity contribution in [2.75, 3.05) is 33.4 Å². The third kappa shape index (κ3) is 5.02. The molecule has 3 atom stereocenters. The Morgan fingerprint density at radius 3 is 2.59 bits per heavy atom. The number of methoxy groups -OCH3 is 1. The lowest BCUT2D eigenvalue weighted by Gasteiger charge is -2.38. The lowest BCUT2D eigenvalue weighted by Crippen LogP contribution is -2.52. The van der Waals surface area contributed by atoms with Gasteiger partial charge in [-0.1, -0.05) is 0 Å². The molecule has 1 amide bonds. The minimum absolute atomic E-state index is 0.0614. The molecule has 100 valence electrons. The molecule has 5 heteroatoms. The molecule has 0 radical (unpaired) electrons. The number of carbonyl (C=O) groups excluding carboxylic acids is 1. The zero-order valence-electron chi connectivity index (χ0n) is 11.2. The van der Waals surface area contributed by atoms with Gasteiger partial charge in [0.25, 0.3) is 0 Å². The Kier molecular flexibility index (Phi) is 5.88. The Balaban J connectivity index is 2.31. The van der Waals surface area contributed by atoms with Gasteiger partial charge >= 0.3 is 0 Å². The number of nitrogens with one attached hydrogen (secondary N) is 1. The molecule has 0 aromatic carbocycles. The molecule has 0 aromatic rings. The first kappa shape index (κ1) is 14.4. The van der Waals surface area contributed by atoms with E-state index in [-0.39, 0.29) is 24.7 Å². The van der Waals surface area contributed by atoms with E-state index in [0.717, 1.165) is 13.1 Å². The molecular weight excluding hydrogens is 220 g/mol. The van der Waals surface area contributed by atoms with Crippen LogP contribution >= 0.6 is 0 Å². The fraction of sp³-hybridized carbons (Fsp3) is 0.917. The SMILES string of the molecule is COCC(=O)NC[C@@H](C)N1C[C@@H](C)O[C@@H](C)C1. The number of rotatable bonds is 5. The number of carbonyl (C=O) groups is 1. The van der Waals surface area contributed by atoms with Gasteiger partial charge in [-0.3, -0.25) is 9.69 Å². The van der Waals surface area contributed by atoms with E-state index in [2.05, 4.69) is 31.0 Å². The maximum atomic E-state index is 11.3. The highest BCUT2D eigenvalue weighted by atomic mass is 16.5. The molecule has 0 unspecified atom stereocenters. The van der Waals surface area contributed by atoms with E-state index >= 15 is 0 Å². The third-order valence-corrected chi connectivity index (χ3v) is 2.94. The lowest BCUT2D eigenvalue weighted by molar-refractivity contribution is -0.125. The summed E-state index contributed by atoms with van der Waals surface area (Å²) in [6, 6.07) is 0.324. The molecule has 0 bridgehead atoms. The van der Waals surface area contributed by atoms with Gasteiger partial charge in [0.2, 0.25) is 5.91 Å². The van der Waals surface area contributed by atoms with Gasteiger partial charge in [-0.2, -0.15) is 0 Å². The summed E-state index contributed by atoms with van der Waals surface area (Å²) < 4.78 is 10.5. The maximum absolute atomic E-state index is 11.3. The van der Waals surface area contributed by atoms with E-state index in [4.69, 9.17) is 9.47 Å². The van der Waals surface area contributed by atoms with Crippen LogP contribution in [-0.2, 0) is 14.3 Å². The van der Waals surface area contributed by atoms with Crippen molar-refractivity contribution in [3.8, 4) is 0 Å². The van der Waals surface area contributed by atoms with E-state index < -0.39 is 0 Å². The van der Waals surface area contributed by atoms with E-state index in [1.807, 2.05) is 0 Å². The zero-order valence-corrected chi connectivity index (χ0v) is 11.2. The Hall–Kier alpha value is -0.650. The van der Waals surface area contributed by atoms with Crippen LogP contribution in [-0.4, -0.2) is 62.4 Å². The molecular formula is C12H24N2O3. The number of ether oxygens (including phenoxy) is 2. The number of hydrogen-bond acceptors (Lipinski definition) is 4. The molecule has 1 aliphatic rings. The quantitative estimate of drug-likeness (QED) is 0.753. The molecule has 0 aliphatic carbocycles. The van der Waals surface area contributed by atoms with Gasteiger partial charge in [-0.25, -0.2) is 0 Å². The third-order valence-electron chi connectivity index (χ3n) is 2.94. The monoisotopic (exact) mass is 244 g/mol. The zero-order chi connectivity index (χ0) is 12.8. The van der Waals surface area contributed by atoms with Gasteiger partial charge in [0.05, 0.1) is 12.2 Å². The summed E-state index contributed by atoms with van der Waals surface area (Å²) in [6.45, 7) is 8.91. The maximum Gasteiger partial charge on any atom is 0.246 e. The lowest BCUT2D eigenvalue weighted by atomic mass is 10.2. The van der Waals surface area contributed by atoms with Gasteiger partial charge in [-0.05, 0) is 20.8 Å². The molecule has 5 nitrogen and oxygen atoms in total. The predicted molar refractivity (Wildman–Crippen MR) is 65.9 cm³/mol. The fourth-order valence-electron chi connectivity index (χ4n) is 2.15. The van der Waals surface area contributed by atoms with Crippen LogP contribution in [0.3, 0.4) is 0 Å². The standard InChI is InChI=1S/C12H24N2O3/c1-9(5-13-12(15)8-16-4)14-6-10(2)17-11(3)7-14/h9-11H,5-8H2,1-4H3,(H,13,15)/t9-,10-,11+/m1/s1. The molecule has 17 heavy (non-hydrogen) atoms. The summed E-state index contributed by atoms with van der Waals surface area (Å²) in [7, 11) is 1.52. The summed E-state index contributed by atoms with van der Waals surface area (Å²) in [6.07, 6.45) is 0.520. The minimum atomic E-state index is -0.0614. The summed E-state index contributed by atoms with van der Waals surface area (Å²) in [4.78, 5) is 13.6. The van der Waals surface area contributed by atoms with E-state index in [0.29, 0.717) is 12.6 Å². The molecule has 1 heterocycles. The average Bonchev–Trinajstić information content (AvgIpc) is 2.25. The highest BCUT2D eigenvalue weighted by Crippen LogP contribution is 2.12. The summed E-state index contributed by atoms with van der Waals surface area (Å²) >= 11 is 0. The first-order chi connectivity index (χ1) is 8.02. The number of hydrogen-bond donors (Lipinski definition) is 1. The van der Waals surface area contributed by atoms with Crippen LogP contribution in [0.15, 0.2) is 0 Å². The van der Waals surface area contributed by atoms with E-state index in [1.54, 1.807) is 0 Å². The van der Waals surface area contributed by atoms with Gasteiger partial charge in [-0.15, -0.1) is 0 Å². The van der Waals surface area contributed by atoms with Crippen molar-refractivity contribution in [2.45, 2.75) is 39.0 Å². The van der Waals surface area contributed by atoms with Crippen LogP contribution in [0.4, 0.5) is 0 Å². The van der Waals surface area contributed by atoms with Crippen LogP contribution in [0.5, 0.6) is 0 Å². The van der Waals surface area contributed by atoms with Gasteiger partial charge in [0.1, 0.15) is 6.61 Å². The fourth-order valence-corrected chi connectivity index (χ4v) is 2.15. The molecule has 0 aromatic heterocycles. The van der Waals surface area contributed by atoms with Crippen LogP contribution in [0.1, 0.15) is 20.8 Å². The Morgan fingerprint density at radius 2 is 2.06 bits per heavy atom. The van der Waals surface area contributed by atoms with Crippen LogP contribution in [0.2, 0.25) is 0 Å². The number of morpholine rings is 1. The van der Waals surface area contributed by atoms with Crippen LogP contribution in [0.25, 0.3) is 0 Å². The largest absolute Gasteiger partial charge is 0.375 e.